The maximum atomic E-state index is 12.9. The van der Waals surface area contributed by atoms with E-state index in [1.165, 1.54) is 10.6 Å². The molecule has 2 fully saturated rings. The van der Waals surface area contributed by atoms with E-state index < -0.39 is 0 Å². The molecule has 1 amide bonds. The monoisotopic (exact) mass is 370 g/mol. The van der Waals surface area contributed by atoms with Crippen LogP contribution in [0.25, 0.3) is 5.65 Å². The summed E-state index contributed by atoms with van der Waals surface area (Å²) in [6.45, 7) is 4.85. The van der Waals surface area contributed by atoms with Crippen molar-refractivity contribution in [2.24, 2.45) is 0 Å². The number of aryl methyl sites for hydroxylation is 1. The maximum absolute atomic E-state index is 12.9. The van der Waals surface area contributed by atoms with E-state index in [-0.39, 0.29) is 23.1 Å². The first-order valence-corrected chi connectivity index (χ1v) is 9.73. The molecule has 4 heterocycles. The number of piperidine rings is 2. The standard InChI is InChI=1S/C20H26N4O3/c1-14-4-2-6-18-21-12-17(20(27)24(14)18)19(26)22-10-7-15(8-11-22)23-9-3-5-16(25)13-23/h2,4,6,12,15-16,25H,3,5,7-11,13H2,1H3/t16-/m1/s1. The number of aromatic nitrogens is 2. The minimum absolute atomic E-state index is 0.133. The SMILES string of the molecule is Cc1cccc2ncc(C(=O)N3CCC(N4CCC[C@@H](O)C4)CC3)c(=O)n12. The van der Waals surface area contributed by atoms with E-state index >= 15 is 0 Å². The third-order valence-corrected chi connectivity index (χ3v) is 5.85. The van der Waals surface area contributed by atoms with E-state index in [4.69, 9.17) is 0 Å². The summed E-state index contributed by atoms with van der Waals surface area (Å²) in [4.78, 5) is 34.2. The Kier molecular flexibility index (Phi) is 4.97. The van der Waals surface area contributed by atoms with E-state index in [1.54, 1.807) is 11.0 Å². The normalized spacial score (nSPS) is 22.3. The molecule has 144 valence electrons. The van der Waals surface area contributed by atoms with Gasteiger partial charge in [0.25, 0.3) is 11.5 Å². The Balaban J connectivity index is 1.48. The van der Waals surface area contributed by atoms with Gasteiger partial charge in [0.2, 0.25) is 0 Å². The van der Waals surface area contributed by atoms with Crippen molar-refractivity contribution in [1.29, 1.82) is 0 Å². The molecule has 2 aliphatic heterocycles. The molecule has 0 saturated carbocycles. The molecular formula is C20H26N4O3. The number of aliphatic hydroxyl groups is 1. The van der Waals surface area contributed by atoms with Crippen LogP contribution in [0.5, 0.6) is 0 Å². The van der Waals surface area contributed by atoms with Gasteiger partial charge >= 0.3 is 0 Å². The molecule has 0 aromatic carbocycles. The van der Waals surface area contributed by atoms with E-state index in [0.29, 0.717) is 24.8 Å². The van der Waals surface area contributed by atoms with Gasteiger partial charge in [-0.3, -0.25) is 18.9 Å². The van der Waals surface area contributed by atoms with Crippen molar-refractivity contribution in [3.05, 3.63) is 46.0 Å². The summed E-state index contributed by atoms with van der Waals surface area (Å²) in [5.41, 5.74) is 1.15. The van der Waals surface area contributed by atoms with Gasteiger partial charge in [-0.25, -0.2) is 4.98 Å². The van der Waals surface area contributed by atoms with Crippen molar-refractivity contribution in [1.82, 2.24) is 19.2 Å². The average molecular weight is 370 g/mol. The Bertz CT molecular complexity index is 902. The fourth-order valence-corrected chi connectivity index (χ4v) is 4.34. The molecule has 2 saturated heterocycles. The number of hydrogen-bond acceptors (Lipinski definition) is 5. The van der Waals surface area contributed by atoms with E-state index in [9.17, 15) is 14.7 Å². The zero-order valence-electron chi connectivity index (χ0n) is 15.7. The zero-order chi connectivity index (χ0) is 19.0. The molecular weight excluding hydrogens is 344 g/mol. The number of likely N-dealkylation sites (tertiary alicyclic amines) is 2. The third kappa shape index (κ3) is 3.49. The predicted molar refractivity (Wildman–Crippen MR) is 102 cm³/mol. The molecule has 0 radical (unpaired) electrons. The smallest absolute Gasteiger partial charge is 0.270 e. The van der Waals surface area contributed by atoms with E-state index in [2.05, 4.69) is 9.88 Å². The van der Waals surface area contributed by atoms with Crippen molar-refractivity contribution >= 4 is 11.6 Å². The first kappa shape index (κ1) is 18.1. The second-order valence-electron chi connectivity index (χ2n) is 7.65. The van der Waals surface area contributed by atoms with Gasteiger partial charge in [-0.2, -0.15) is 0 Å². The number of β-amino-alcohol motifs (C(OH)–C–C–N with tert-alkyl or cyclic N) is 1. The lowest BCUT2D eigenvalue weighted by Crippen LogP contribution is -2.51. The van der Waals surface area contributed by atoms with E-state index in [0.717, 1.165) is 44.5 Å². The fourth-order valence-electron chi connectivity index (χ4n) is 4.34. The minimum Gasteiger partial charge on any atom is -0.392 e. The number of aliphatic hydroxyl groups excluding tert-OH is 1. The minimum atomic E-state index is -0.302. The van der Waals surface area contributed by atoms with Crippen LogP contribution in [0.15, 0.2) is 29.2 Å². The molecule has 2 aliphatic rings. The molecule has 2 aromatic rings. The largest absolute Gasteiger partial charge is 0.392 e. The third-order valence-electron chi connectivity index (χ3n) is 5.85. The van der Waals surface area contributed by atoms with Gasteiger partial charge in [-0.05, 0) is 51.3 Å². The van der Waals surface area contributed by atoms with Gasteiger partial charge in [0.05, 0.1) is 6.10 Å². The molecule has 4 rings (SSSR count). The Morgan fingerprint density at radius 2 is 1.96 bits per heavy atom. The number of rotatable bonds is 2. The highest BCUT2D eigenvalue weighted by molar-refractivity contribution is 5.93. The highest BCUT2D eigenvalue weighted by Crippen LogP contribution is 2.22. The number of fused-ring (bicyclic) bond motifs is 1. The van der Waals surface area contributed by atoms with Crippen molar-refractivity contribution < 1.29 is 9.90 Å². The van der Waals surface area contributed by atoms with E-state index in [1.807, 2.05) is 19.1 Å². The van der Waals surface area contributed by atoms with Gasteiger partial charge in [0.1, 0.15) is 11.2 Å². The van der Waals surface area contributed by atoms with Gasteiger partial charge in [-0.1, -0.05) is 6.07 Å². The molecule has 0 bridgehead atoms. The summed E-state index contributed by atoms with van der Waals surface area (Å²) < 4.78 is 1.50. The van der Waals surface area contributed by atoms with Crippen molar-refractivity contribution in [2.45, 2.75) is 44.8 Å². The summed E-state index contributed by atoms with van der Waals surface area (Å²) in [6.07, 6.45) is 4.84. The topological polar surface area (TPSA) is 78.2 Å². The van der Waals surface area contributed by atoms with Crippen LogP contribution in [0.3, 0.4) is 0 Å². The van der Waals surface area contributed by atoms with Gasteiger partial charge in [-0.15, -0.1) is 0 Å². The lowest BCUT2D eigenvalue weighted by atomic mass is 9.98. The highest BCUT2D eigenvalue weighted by Gasteiger charge is 2.30. The molecule has 27 heavy (non-hydrogen) atoms. The first-order valence-electron chi connectivity index (χ1n) is 9.73. The van der Waals surface area contributed by atoms with Crippen LogP contribution in [-0.4, -0.2) is 68.5 Å². The molecule has 1 N–H and O–H groups in total. The summed E-state index contributed by atoms with van der Waals surface area (Å²) in [7, 11) is 0. The van der Waals surface area contributed by atoms with Crippen LogP contribution in [0.1, 0.15) is 41.7 Å². The van der Waals surface area contributed by atoms with Crippen LogP contribution < -0.4 is 5.56 Å². The second-order valence-corrected chi connectivity index (χ2v) is 7.65. The maximum Gasteiger partial charge on any atom is 0.270 e. The lowest BCUT2D eigenvalue weighted by molar-refractivity contribution is 0.0240. The highest BCUT2D eigenvalue weighted by atomic mass is 16.3. The summed E-state index contributed by atoms with van der Waals surface area (Å²) >= 11 is 0. The predicted octanol–water partition coefficient (Wildman–Crippen LogP) is 1.06. The Morgan fingerprint density at radius 3 is 2.70 bits per heavy atom. The number of carbonyl (C=O) groups excluding carboxylic acids is 1. The van der Waals surface area contributed by atoms with Crippen LogP contribution in [0, 0.1) is 6.92 Å². The summed E-state index contributed by atoms with van der Waals surface area (Å²) in [6, 6.07) is 5.85. The van der Waals surface area contributed by atoms with Gasteiger partial charge in [0.15, 0.2) is 0 Å². The Labute approximate surface area is 158 Å². The van der Waals surface area contributed by atoms with Crippen LogP contribution >= 0.6 is 0 Å². The molecule has 0 unspecified atom stereocenters. The number of nitrogens with zero attached hydrogens (tertiary/aromatic N) is 4. The Hall–Kier alpha value is -2.25. The molecule has 7 nitrogen and oxygen atoms in total. The van der Waals surface area contributed by atoms with Crippen LogP contribution in [-0.2, 0) is 0 Å². The van der Waals surface area contributed by atoms with Crippen molar-refractivity contribution in [3.63, 3.8) is 0 Å². The number of hydrogen-bond donors (Lipinski definition) is 1. The van der Waals surface area contributed by atoms with Crippen molar-refractivity contribution in [2.75, 3.05) is 26.2 Å². The van der Waals surface area contributed by atoms with Crippen molar-refractivity contribution in [3.8, 4) is 0 Å². The quantitative estimate of drug-likeness (QED) is 0.855. The number of carbonyl (C=O) groups is 1. The van der Waals surface area contributed by atoms with Gasteiger partial charge in [0, 0.05) is 37.6 Å². The number of pyridine rings is 1. The molecule has 0 aliphatic carbocycles. The first-order chi connectivity index (χ1) is 13.0. The van der Waals surface area contributed by atoms with Crippen LogP contribution in [0.2, 0.25) is 0 Å². The summed E-state index contributed by atoms with van der Waals surface area (Å²) in [5, 5.41) is 9.89. The second kappa shape index (κ2) is 7.40. The van der Waals surface area contributed by atoms with Crippen LogP contribution in [0.4, 0.5) is 0 Å². The Morgan fingerprint density at radius 1 is 1.19 bits per heavy atom. The fraction of sp³-hybridized carbons (Fsp3) is 0.550. The molecule has 1 atom stereocenters. The summed E-state index contributed by atoms with van der Waals surface area (Å²) in [5.74, 6) is -0.234. The number of amides is 1. The van der Waals surface area contributed by atoms with Gasteiger partial charge < -0.3 is 10.0 Å². The molecule has 7 heteroatoms. The molecule has 2 aromatic heterocycles. The lowest BCUT2D eigenvalue weighted by Gasteiger charge is -2.41. The zero-order valence-corrected chi connectivity index (χ0v) is 15.7. The average Bonchev–Trinajstić information content (AvgIpc) is 2.68. The molecule has 0 spiro atoms.